The van der Waals surface area contributed by atoms with Gasteiger partial charge in [0.05, 0.1) is 16.6 Å². The third-order valence-electron chi connectivity index (χ3n) is 6.65. The van der Waals surface area contributed by atoms with Crippen molar-refractivity contribution in [2.24, 2.45) is 5.92 Å². The number of carbonyl (C=O) groups excluding carboxylic acids is 3. The topological polar surface area (TPSA) is 109 Å². The monoisotopic (exact) mass is 595 g/mol. The van der Waals surface area contributed by atoms with Crippen LogP contribution in [-0.2, 0) is 14.4 Å². The first-order valence-electron chi connectivity index (χ1n) is 12.1. The van der Waals surface area contributed by atoms with Gasteiger partial charge < -0.3 is 15.0 Å². The molecule has 0 radical (unpaired) electrons. The van der Waals surface area contributed by atoms with Crippen molar-refractivity contribution in [2.45, 2.75) is 16.2 Å². The lowest BCUT2D eigenvalue weighted by molar-refractivity contribution is -0.122. The molecule has 0 saturated carbocycles. The van der Waals surface area contributed by atoms with E-state index < -0.39 is 40.6 Å². The van der Waals surface area contributed by atoms with E-state index in [1.165, 1.54) is 24.3 Å². The number of para-hydroxylation sites is 1. The van der Waals surface area contributed by atoms with Crippen molar-refractivity contribution < 1.29 is 23.5 Å². The van der Waals surface area contributed by atoms with Crippen LogP contribution in [0.25, 0.3) is 0 Å². The van der Waals surface area contributed by atoms with E-state index in [0.717, 1.165) is 28.0 Å². The lowest BCUT2D eigenvalue weighted by Crippen LogP contribution is -2.32. The quantitative estimate of drug-likeness (QED) is 0.302. The largest absolute Gasteiger partial charge is 0.483 e. The number of fused-ring (bicyclic) bond motifs is 2. The van der Waals surface area contributed by atoms with Gasteiger partial charge in [0, 0.05) is 27.1 Å². The molecular weight excluding hydrogens is 577 g/mol. The van der Waals surface area contributed by atoms with Gasteiger partial charge in [-0.15, -0.1) is 0 Å². The summed E-state index contributed by atoms with van der Waals surface area (Å²) < 4.78 is 19.5. The Morgan fingerprint density at radius 2 is 1.73 bits per heavy atom. The van der Waals surface area contributed by atoms with Crippen LogP contribution in [0.2, 0.25) is 5.02 Å². The summed E-state index contributed by atoms with van der Waals surface area (Å²) >= 11 is 8.02. The van der Waals surface area contributed by atoms with E-state index in [2.05, 4.69) is 10.3 Å². The average molecular weight is 596 g/mol. The van der Waals surface area contributed by atoms with Crippen LogP contribution < -0.4 is 19.8 Å². The molecular formula is C28H19ClFN3O5S2. The van der Waals surface area contributed by atoms with Crippen LogP contribution in [0.3, 0.4) is 0 Å². The molecule has 3 amide bonds. The summed E-state index contributed by atoms with van der Waals surface area (Å²) in [6.45, 7) is -0.319. The highest BCUT2D eigenvalue weighted by Gasteiger charge is 2.56. The SMILES string of the molecule is O=C(COc1ccccc1[C@@H]1c2sc(=O)[nH]c2S[C@H]2C(=O)N(c3ccc(F)cc3)C(=O)[C@@H]12)Nc1ccc(Cl)cc1. The average Bonchev–Trinajstić information content (AvgIpc) is 3.44. The molecule has 40 heavy (non-hydrogen) atoms. The van der Waals surface area contributed by atoms with Crippen molar-refractivity contribution in [1.29, 1.82) is 0 Å². The summed E-state index contributed by atoms with van der Waals surface area (Å²) in [5, 5.41) is 2.97. The fourth-order valence-corrected chi connectivity index (χ4v) is 7.57. The second-order valence-corrected chi connectivity index (χ2v) is 11.7. The Balaban J connectivity index is 1.33. The number of amides is 3. The fourth-order valence-electron chi connectivity index (χ4n) is 4.94. The maximum absolute atomic E-state index is 13.8. The van der Waals surface area contributed by atoms with Gasteiger partial charge in [-0.25, -0.2) is 9.29 Å². The Labute approximate surface area is 240 Å². The minimum atomic E-state index is -0.853. The Kier molecular flexibility index (Phi) is 6.95. The summed E-state index contributed by atoms with van der Waals surface area (Å²) in [6, 6.07) is 18.7. The van der Waals surface area contributed by atoms with Gasteiger partial charge in [0.2, 0.25) is 11.8 Å². The van der Waals surface area contributed by atoms with Gasteiger partial charge in [-0.05, 0) is 54.6 Å². The van der Waals surface area contributed by atoms with Gasteiger partial charge in [-0.1, -0.05) is 52.9 Å². The Morgan fingerprint density at radius 1 is 1.00 bits per heavy atom. The number of thiazole rings is 1. The fraction of sp³-hybridized carbons (Fsp3) is 0.143. The molecule has 1 aromatic heterocycles. The molecule has 3 heterocycles. The minimum Gasteiger partial charge on any atom is -0.483 e. The Morgan fingerprint density at radius 3 is 2.48 bits per heavy atom. The second kappa shape index (κ2) is 10.6. The number of imide groups is 1. The highest BCUT2D eigenvalue weighted by molar-refractivity contribution is 8.00. The van der Waals surface area contributed by atoms with E-state index >= 15 is 0 Å². The van der Waals surface area contributed by atoms with Gasteiger partial charge in [-0.3, -0.25) is 19.2 Å². The normalized spacial score (nSPS) is 19.8. The van der Waals surface area contributed by atoms with Crippen LogP contribution in [-0.4, -0.2) is 34.6 Å². The predicted molar refractivity (Wildman–Crippen MR) is 151 cm³/mol. The second-order valence-electron chi connectivity index (χ2n) is 9.12. The third-order valence-corrected chi connectivity index (χ3v) is 9.30. The van der Waals surface area contributed by atoms with Crippen LogP contribution in [0.1, 0.15) is 16.4 Å². The molecule has 2 aliphatic rings. The minimum absolute atomic E-state index is 0.269. The van der Waals surface area contributed by atoms with Crippen molar-refractivity contribution in [2.75, 3.05) is 16.8 Å². The molecule has 1 fully saturated rings. The van der Waals surface area contributed by atoms with Crippen molar-refractivity contribution in [3.63, 3.8) is 0 Å². The van der Waals surface area contributed by atoms with E-state index in [4.69, 9.17) is 16.3 Å². The molecule has 2 N–H and O–H groups in total. The smallest absolute Gasteiger partial charge is 0.305 e. The molecule has 0 bridgehead atoms. The number of nitrogens with zero attached hydrogens (tertiary/aromatic N) is 1. The third kappa shape index (κ3) is 4.80. The number of carbonyl (C=O) groups is 3. The van der Waals surface area contributed by atoms with Crippen molar-refractivity contribution in [3.05, 3.63) is 104 Å². The summed E-state index contributed by atoms with van der Waals surface area (Å²) in [7, 11) is 0. The first-order valence-corrected chi connectivity index (χ1v) is 14.2. The van der Waals surface area contributed by atoms with E-state index in [1.807, 2.05) is 0 Å². The van der Waals surface area contributed by atoms with Crippen LogP contribution in [0.5, 0.6) is 5.75 Å². The number of halogens is 2. The highest BCUT2D eigenvalue weighted by Crippen LogP contribution is 2.54. The lowest BCUT2D eigenvalue weighted by Gasteiger charge is -2.30. The molecule has 12 heteroatoms. The van der Waals surface area contributed by atoms with E-state index in [-0.39, 0.29) is 17.2 Å². The number of aromatic nitrogens is 1. The lowest BCUT2D eigenvalue weighted by atomic mass is 9.82. The zero-order chi connectivity index (χ0) is 28.0. The molecule has 6 rings (SSSR count). The number of ether oxygens (including phenoxy) is 1. The number of nitrogens with one attached hydrogen (secondary N) is 2. The molecule has 8 nitrogen and oxygen atoms in total. The maximum Gasteiger partial charge on any atom is 0.305 e. The molecule has 0 spiro atoms. The number of anilines is 2. The first-order chi connectivity index (χ1) is 19.3. The number of benzene rings is 3. The van der Waals surface area contributed by atoms with Gasteiger partial charge in [0.25, 0.3) is 5.91 Å². The van der Waals surface area contributed by atoms with Crippen molar-refractivity contribution in [1.82, 2.24) is 4.98 Å². The van der Waals surface area contributed by atoms with E-state index in [1.54, 1.807) is 48.5 Å². The number of aromatic amines is 1. The number of thioether (sulfide) groups is 1. The van der Waals surface area contributed by atoms with E-state index in [0.29, 0.717) is 31.9 Å². The van der Waals surface area contributed by atoms with Crippen LogP contribution in [0, 0.1) is 11.7 Å². The summed E-state index contributed by atoms with van der Waals surface area (Å²) in [6.07, 6.45) is 0. The highest BCUT2D eigenvalue weighted by atomic mass is 35.5. The summed E-state index contributed by atoms with van der Waals surface area (Å²) in [5.41, 5.74) is 1.39. The molecule has 202 valence electrons. The molecule has 3 aromatic carbocycles. The van der Waals surface area contributed by atoms with Crippen molar-refractivity contribution in [3.8, 4) is 5.75 Å². The first kappa shape index (κ1) is 26.3. The number of H-pyrrole nitrogens is 1. The van der Waals surface area contributed by atoms with Gasteiger partial charge >= 0.3 is 4.87 Å². The van der Waals surface area contributed by atoms with Gasteiger partial charge in [-0.2, -0.15) is 0 Å². The summed E-state index contributed by atoms with van der Waals surface area (Å²) in [4.78, 5) is 56.5. The Bertz CT molecular complexity index is 1690. The number of hydrogen-bond acceptors (Lipinski definition) is 7. The molecule has 2 aliphatic heterocycles. The van der Waals surface area contributed by atoms with Crippen LogP contribution >= 0.6 is 34.7 Å². The van der Waals surface area contributed by atoms with E-state index in [9.17, 15) is 23.6 Å². The van der Waals surface area contributed by atoms with Crippen molar-refractivity contribution >= 4 is 63.8 Å². The molecule has 0 unspecified atom stereocenters. The van der Waals surface area contributed by atoms with Crippen LogP contribution in [0.15, 0.2) is 82.6 Å². The zero-order valence-electron chi connectivity index (χ0n) is 20.4. The van der Waals surface area contributed by atoms with Gasteiger partial charge in [0.1, 0.15) is 16.8 Å². The number of hydrogen-bond donors (Lipinski definition) is 2. The molecule has 4 aromatic rings. The molecule has 1 saturated heterocycles. The zero-order valence-corrected chi connectivity index (χ0v) is 22.8. The predicted octanol–water partition coefficient (Wildman–Crippen LogP) is 5.04. The van der Waals surface area contributed by atoms with Crippen LogP contribution in [0.4, 0.5) is 15.8 Å². The summed E-state index contributed by atoms with van der Waals surface area (Å²) in [5.74, 6) is -3.00. The Hall–Kier alpha value is -3.93. The molecule has 0 aliphatic carbocycles. The molecule has 3 atom stereocenters. The maximum atomic E-state index is 13.8. The van der Waals surface area contributed by atoms with Gasteiger partial charge in [0.15, 0.2) is 6.61 Å². The number of rotatable bonds is 6. The standard InChI is InChI=1S/C28H19ClFN3O5S2/c29-14-5-9-16(10-6-14)31-20(34)13-38-19-4-2-1-3-18(19)21-22-24(39-25-23(21)40-28(37)32-25)27(36)33(26(22)35)17-11-7-15(30)8-12-17/h1-12,21-22,24H,13H2,(H,31,34)(H,32,37)/t21-,22-,24+/m0/s1.